The van der Waals surface area contributed by atoms with E-state index in [4.69, 9.17) is 11.6 Å². The molecule has 0 radical (unpaired) electrons. The predicted octanol–water partition coefficient (Wildman–Crippen LogP) is 1.15. The normalized spacial score (nSPS) is 14.3. The molecule has 1 aromatic carbocycles. The van der Waals surface area contributed by atoms with Crippen LogP contribution in [0.4, 0.5) is 10.5 Å². The highest BCUT2D eigenvalue weighted by Gasteiger charge is 2.27. The molecule has 1 aromatic rings. The molecule has 2 N–H and O–H groups in total. The summed E-state index contributed by atoms with van der Waals surface area (Å²) < 4.78 is 0. The average molecular weight is 339 g/mol. The number of benzene rings is 1. The Labute approximate surface area is 139 Å². The first kappa shape index (κ1) is 17.2. The molecule has 2 rings (SSSR count). The van der Waals surface area contributed by atoms with Crippen molar-refractivity contribution in [2.45, 2.75) is 6.42 Å². The van der Waals surface area contributed by atoms with Gasteiger partial charge in [0.25, 0.3) is 0 Å². The van der Waals surface area contributed by atoms with Crippen LogP contribution < -0.4 is 10.6 Å². The smallest absolute Gasteiger partial charge is 0.324 e. The lowest BCUT2D eigenvalue weighted by Crippen LogP contribution is -2.35. The monoisotopic (exact) mass is 338 g/mol. The molecule has 0 saturated carbocycles. The zero-order valence-corrected chi connectivity index (χ0v) is 13.6. The van der Waals surface area contributed by atoms with Crippen LogP contribution in [0.15, 0.2) is 24.3 Å². The second-order valence-electron chi connectivity index (χ2n) is 5.32. The number of nitrogens with zero attached hydrogens (tertiary/aromatic N) is 2. The molecule has 0 atom stereocenters. The van der Waals surface area contributed by atoms with Gasteiger partial charge in [-0.1, -0.05) is 23.7 Å². The van der Waals surface area contributed by atoms with Gasteiger partial charge < -0.3 is 10.6 Å². The summed E-state index contributed by atoms with van der Waals surface area (Å²) in [5, 5.41) is 5.70. The molecular formula is C15H19ClN4O3. The molecule has 0 spiro atoms. The van der Waals surface area contributed by atoms with Crippen LogP contribution >= 0.6 is 11.6 Å². The summed E-state index contributed by atoms with van der Waals surface area (Å²) >= 11 is 5.98. The van der Waals surface area contributed by atoms with Gasteiger partial charge in [-0.3, -0.25) is 19.4 Å². The minimum Gasteiger partial charge on any atom is -0.329 e. The van der Waals surface area contributed by atoms with Crippen molar-refractivity contribution in [2.75, 3.05) is 38.5 Å². The van der Waals surface area contributed by atoms with Crippen LogP contribution in [0.25, 0.3) is 0 Å². The van der Waals surface area contributed by atoms with Crippen LogP contribution in [0.2, 0.25) is 5.02 Å². The summed E-state index contributed by atoms with van der Waals surface area (Å²) in [5.74, 6) is -0.385. The molecule has 0 bridgehead atoms. The number of hydrogen-bond acceptors (Lipinski definition) is 4. The number of amides is 4. The molecule has 4 amide bonds. The quantitative estimate of drug-likeness (QED) is 0.731. The van der Waals surface area contributed by atoms with Gasteiger partial charge in [-0.05, 0) is 25.6 Å². The fourth-order valence-corrected chi connectivity index (χ4v) is 2.44. The van der Waals surface area contributed by atoms with Gasteiger partial charge in [-0.15, -0.1) is 0 Å². The number of carbonyl (C=O) groups excluding carboxylic acids is 3. The summed E-state index contributed by atoms with van der Waals surface area (Å²) in [7, 11) is 1.80. The van der Waals surface area contributed by atoms with E-state index in [1.165, 1.54) is 4.90 Å². The maximum Gasteiger partial charge on any atom is 0.324 e. The lowest BCUT2D eigenvalue weighted by Gasteiger charge is -2.18. The van der Waals surface area contributed by atoms with E-state index in [0.29, 0.717) is 30.2 Å². The van der Waals surface area contributed by atoms with Gasteiger partial charge >= 0.3 is 6.03 Å². The Morgan fingerprint density at radius 1 is 1.39 bits per heavy atom. The summed E-state index contributed by atoms with van der Waals surface area (Å²) in [4.78, 5) is 37.8. The summed E-state index contributed by atoms with van der Waals surface area (Å²) in [5.41, 5.74) is 0.576. The number of imide groups is 1. The number of carbonyl (C=O) groups is 3. The number of rotatable bonds is 7. The van der Waals surface area contributed by atoms with Crippen LogP contribution in [0.3, 0.4) is 0 Å². The Morgan fingerprint density at radius 2 is 2.13 bits per heavy atom. The second-order valence-corrected chi connectivity index (χ2v) is 5.73. The van der Waals surface area contributed by atoms with E-state index in [2.05, 4.69) is 10.6 Å². The molecule has 1 fully saturated rings. The maximum atomic E-state index is 12.0. The van der Waals surface area contributed by atoms with Crippen molar-refractivity contribution >= 4 is 35.1 Å². The van der Waals surface area contributed by atoms with Gasteiger partial charge in [-0.2, -0.15) is 0 Å². The van der Waals surface area contributed by atoms with Crippen LogP contribution in [0, 0.1) is 0 Å². The van der Waals surface area contributed by atoms with E-state index in [9.17, 15) is 14.4 Å². The summed E-state index contributed by atoms with van der Waals surface area (Å²) in [6, 6.07) is 6.68. The van der Waals surface area contributed by atoms with Crippen molar-refractivity contribution in [3.05, 3.63) is 29.3 Å². The molecule has 23 heavy (non-hydrogen) atoms. The second kappa shape index (κ2) is 7.94. The number of anilines is 1. The van der Waals surface area contributed by atoms with Crippen LogP contribution in [0.5, 0.6) is 0 Å². The van der Waals surface area contributed by atoms with E-state index in [1.807, 2.05) is 4.90 Å². The molecule has 1 aliphatic heterocycles. The SMILES string of the molecule is CN(CCCN1C(=O)CNC1=O)CC(=O)Nc1ccccc1Cl. The number of hydrogen-bond donors (Lipinski definition) is 2. The lowest BCUT2D eigenvalue weighted by atomic mass is 10.3. The summed E-state index contributed by atoms with van der Waals surface area (Å²) in [6.07, 6.45) is 0.606. The van der Waals surface area contributed by atoms with Crippen molar-refractivity contribution in [1.29, 1.82) is 0 Å². The van der Waals surface area contributed by atoms with Crippen molar-refractivity contribution in [1.82, 2.24) is 15.1 Å². The van der Waals surface area contributed by atoms with Gasteiger partial charge in [-0.25, -0.2) is 4.79 Å². The predicted molar refractivity (Wildman–Crippen MR) is 87.3 cm³/mol. The standard InChI is InChI=1S/C15H19ClN4O3/c1-19(7-4-8-20-14(22)9-17-15(20)23)10-13(21)18-12-6-3-2-5-11(12)16/h2-3,5-6H,4,7-10H2,1H3,(H,17,23)(H,18,21). The van der Waals surface area contributed by atoms with Crippen molar-refractivity contribution in [3.8, 4) is 0 Å². The van der Waals surface area contributed by atoms with E-state index >= 15 is 0 Å². The number of para-hydroxylation sites is 1. The lowest BCUT2D eigenvalue weighted by molar-refractivity contribution is -0.125. The Kier molecular flexibility index (Phi) is 5.95. The average Bonchev–Trinajstić information content (AvgIpc) is 2.81. The van der Waals surface area contributed by atoms with E-state index in [-0.39, 0.29) is 30.9 Å². The van der Waals surface area contributed by atoms with Crippen molar-refractivity contribution < 1.29 is 14.4 Å². The molecule has 1 aliphatic rings. The number of likely N-dealkylation sites (N-methyl/N-ethyl adjacent to an activating group) is 1. The highest BCUT2D eigenvalue weighted by Crippen LogP contribution is 2.20. The first-order valence-electron chi connectivity index (χ1n) is 7.28. The van der Waals surface area contributed by atoms with Gasteiger partial charge in [0.1, 0.15) is 0 Å². The van der Waals surface area contributed by atoms with Crippen molar-refractivity contribution in [3.63, 3.8) is 0 Å². The molecule has 0 aromatic heterocycles. The molecule has 1 saturated heterocycles. The van der Waals surface area contributed by atoms with Crippen LogP contribution in [-0.2, 0) is 9.59 Å². The first-order chi connectivity index (χ1) is 11.0. The molecule has 1 heterocycles. The topological polar surface area (TPSA) is 81.8 Å². The Morgan fingerprint density at radius 3 is 2.78 bits per heavy atom. The maximum absolute atomic E-state index is 12.0. The van der Waals surface area contributed by atoms with E-state index in [0.717, 1.165) is 0 Å². The molecule has 0 aliphatic carbocycles. The highest BCUT2D eigenvalue weighted by molar-refractivity contribution is 6.33. The molecule has 124 valence electrons. The van der Waals surface area contributed by atoms with Gasteiger partial charge in [0.15, 0.2) is 0 Å². The number of urea groups is 1. The Balaban J connectivity index is 1.71. The van der Waals surface area contributed by atoms with Crippen LogP contribution in [0.1, 0.15) is 6.42 Å². The zero-order valence-electron chi connectivity index (χ0n) is 12.8. The number of nitrogens with one attached hydrogen (secondary N) is 2. The summed E-state index contributed by atoms with van der Waals surface area (Å²) in [6.45, 7) is 1.20. The third kappa shape index (κ3) is 4.94. The van der Waals surface area contributed by atoms with Crippen molar-refractivity contribution in [2.24, 2.45) is 0 Å². The minimum absolute atomic E-state index is 0.0644. The zero-order chi connectivity index (χ0) is 16.8. The van der Waals surface area contributed by atoms with E-state index in [1.54, 1.807) is 31.3 Å². The molecule has 0 unspecified atom stereocenters. The third-order valence-electron chi connectivity index (χ3n) is 3.42. The Bertz CT molecular complexity index is 592. The first-order valence-corrected chi connectivity index (χ1v) is 7.66. The minimum atomic E-state index is -0.353. The fourth-order valence-electron chi connectivity index (χ4n) is 2.26. The van der Waals surface area contributed by atoms with Gasteiger partial charge in [0.2, 0.25) is 11.8 Å². The largest absolute Gasteiger partial charge is 0.329 e. The van der Waals surface area contributed by atoms with Crippen LogP contribution in [-0.4, -0.2) is 60.9 Å². The fraction of sp³-hybridized carbons (Fsp3) is 0.400. The molecule has 7 nitrogen and oxygen atoms in total. The highest BCUT2D eigenvalue weighted by atomic mass is 35.5. The Hall–Kier alpha value is -2.12. The van der Waals surface area contributed by atoms with Gasteiger partial charge in [0.05, 0.1) is 23.8 Å². The molecule has 8 heteroatoms. The number of halogens is 1. The third-order valence-corrected chi connectivity index (χ3v) is 3.75. The molecular weight excluding hydrogens is 320 g/mol. The van der Waals surface area contributed by atoms with E-state index < -0.39 is 0 Å². The van der Waals surface area contributed by atoms with Gasteiger partial charge in [0, 0.05) is 13.1 Å².